The molecule has 0 bridgehead atoms. The molecule has 0 radical (unpaired) electrons. The third-order valence-corrected chi connectivity index (χ3v) is 5.98. The van der Waals surface area contributed by atoms with Crippen molar-refractivity contribution in [1.29, 1.82) is 5.26 Å². The molecule has 0 unspecified atom stereocenters. The van der Waals surface area contributed by atoms with Gasteiger partial charge in [0.1, 0.15) is 46.3 Å². The summed E-state index contributed by atoms with van der Waals surface area (Å²) in [6, 6.07) is 7.51. The molecule has 0 aliphatic heterocycles. The number of benzene rings is 2. The number of nitrogens with two attached hydrogens (primary N) is 1. The maximum atomic E-state index is 14.9. The van der Waals surface area contributed by atoms with Crippen molar-refractivity contribution in [3.8, 4) is 23.1 Å². The topological polar surface area (TPSA) is 106 Å². The van der Waals surface area contributed by atoms with Gasteiger partial charge in [-0.2, -0.15) is 10.4 Å². The third-order valence-electron chi connectivity index (χ3n) is 5.98. The maximum Gasteiger partial charge on any atom is 0.255 e. The molecule has 1 fully saturated rings. The molecule has 7 nitrogen and oxygen atoms in total. The van der Waals surface area contributed by atoms with Crippen LogP contribution in [0.25, 0.3) is 11.3 Å². The molecule has 1 heterocycles. The minimum atomic E-state index is -0.931. The van der Waals surface area contributed by atoms with Crippen LogP contribution in [0.5, 0.6) is 5.75 Å². The molecule has 1 aromatic heterocycles. The van der Waals surface area contributed by atoms with Gasteiger partial charge in [0.2, 0.25) is 0 Å². The highest BCUT2D eigenvalue weighted by atomic mass is 19.1. The Morgan fingerprint density at radius 1 is 1.24 bits per heavy atom. The number of hydrogen-bond donors (Lipinski definition) is 2. The zero-order chi connectivity index (χ0) is 24.4. The van der Waals surface area contributed by atoms with E-state index in [1.54, 1.807) is 4.68 Å². The van der Waals surface area contributed by atoms with E-state index in [4.69, 9.17) is 10.5 Å². The summed E-state index contributed by atoms with van der Waals surface area (Å²) in [6.07, 6.45) is 3.78. The fraction of sp³-hybridized carbons (Fsp3) is 0.292. The number of halogens is 3. The minimum Gasteiger partial charge on any atom is -0.496 e. The van der Waals surface area contributed by atoms with Crippen molar-refractivity contribution in [3.05, 3.63) is 64.5 Å². The van der Waals surface area contributed by atoms with Crippen LogP contribution in [0.2, 0.25) is 0 Å². The largest absolute Gasteiger partial charge is 0.496 e. The highest BCUT2D eigenvalue weighted by Crippen LogP contribution is 2.36. The second kappa shape index (κ2) is 9.47. The quantitative estimate of drug-likeness (QED) is 0.554. The summed E-state index contributed by atoms with van der Waals surface area (Å²) in [5.41, 5.74) is 5.84. The number of rotatable bonds is 6. The maximum absolute atomic E-state index is 14.9. The second-order valence-electron chi connectivity index (χ2n) is 8.05. The predicted molar refractivity (Wildman–Crippen MR) is 118 cm³/mol. The molecule has 1 aliphatic rings. The van der Waals surface area contributed by atoms with Crippen LogP contribution in [0.1, 0.15) is 53.2 Å². The minimum absolute atomic E-state index is 0.0462. The standard InChI is InChI=1S/C24H22F3N5O2/c1-34-21-7-6-14(25)10-16(21)24(33)30-12-18-19(26)8-13(9-20(18)27)22-17(11-28)23(29)32(31-22)15-4-2-3-5-15/h6-10,15H,2-5,12,29H2,1H3,(H,30,33). The van der Waals surface area contributed by atoms with Crippen molar-refractivity contribution < 1.29 is 22.7 Å². The Morgan fingerprint density at radius 2 is 1.91 bits per heavy atom. The molecule has 0 atom stereocenters. The monoisotopic (exact) mass is 469 g/mol. The van der Waals surface area contributed by atoms with Gasteiger partial charge in [0.25, 0.3) is 5.91 Å². The van der Waals surface area contributed by atoms with E-state index in [9.17, 15) is 23.2 Å². The molecule has 0 spiro atoms. The number of anilines is 1. The van der Waals surface area contributed by atoms with Crippen molar-refractivity contribution in [2.45, 2.75) is 38.3 Å². The van der Waals surface area contributed by atoms with Crippen LogP contribution >= 0.6 is 0 Å². The average molecular weight is 469 g/mol. The first-order valence-corrected chi connectivity index (χ1v) is 10.7. The van der Waals surface area contributed by atoms with Gasteiger partial charge >= 0.3 is 0 Å². The second-order valence-corrected chi connectivity index (χ2v) is 8.05. The molecule has 2 aromatic carbocycles. The van der Waals surface area contributed by atoms with Gasteiger partial charge in [0, 0.05) is 17.7 Å². The van der Waals surface area contributed by atoms with E-state index in [2.05, 4.69) is 10.4 Å². The fourth-order valence-electron chi connectivity index (χ4n) is 4.22. The molecule has 3 N–H and O–H groups in total. The van der Waals surface area contributed by atoms with Crippen LogP contribution in [0.4, 0.5) is 19.0 Å². The van der Waals surface area contributed by atoms with Gasteiger partial charge in [-0.15, -0.1) is 0 Å². The summed E-state index contributed by atoms with van der Waals surface area (Å²) in [5.74, 6) is -2.98. The molecule has 176 valence electrons. The smallest absolute Gasteiger partial charge is 0.255 e. The number of nitrogens with zero attached hydrogens (tertiary/aromatic N) is 3. The highest BCUT2D eigenvalue weighted by molar-refractivity contribution is 5.96. The number of nitrogens with one attached hydrogen (secondary N) is 1. The molecular formula is C24H22F3N5O2. The van der Waals surface area contributed by atoms with Crippen molar-refractivity contribution in [1.82, 2.24) is 15.1 Å². The van der Waals surface area contributed by atoms with Crippen LogP contribution in [0, 0.1) is 28.8 Å². The van der Waals surface area contributed by atoms with Crippen molar-refractivity contribution in [2.24, 2.45) is 0 Å². The third kappa shape index (κ3) is 4.29. The first-order chi connectivity index (χ1) is 16.3. The SMILES string of the molecule is COc1ccc(F)cc1C(=O)NCc1c(F)cc(-c2nn(C3CCCC3)c(N)c2C#N)cc1F. The van der Waals surface area contributed by atoms with E-state index < -0.39 is 35.5 Å². The van der Waals surface area contributed by atoms with E-state index in [0.29, 0.717) is 0 Å². The molecular weight excluding hydrogens is 447 g/mol. The van der Waals surface area contributed by atoms with Crippen molar-refractivity contribution in [3.63, 3.8) is 0 Å². The van der Waals surface area contributed by atoms with Crippen molar-refractivity contribution in [2.75, 3.05) is 12.8 Å². The summed E-state index contributed by atoms with van der Waals surface area (Å²) in [7, 11) is 1.32. The Hall–Kier alpha value is -4.00. The lowest BCUT2D eigenvalue weighted by Gasteiger charge is -2.12. The average Bonchev–Trinajstić information content (AvgIpc) is 3.45. The number of carbonyl (C=O) groups is 1. The van der Waals surface area contributed by atoms with Gasteiger partial charge in [-0.05, 0) is 43.2 Å². The molecule has 10 heteroatoms. The Morgan fingerprint density at radius 3 is 2.53 bits per heavy atom. The summed E-state index contributed by atoms with van der Waals surface area (Å²) in [6.45, 7) is -0.486. The number of aromatic nitrogens is 2. The number of nitriles is 1. The van der Waals surface area contributed by atoms with E-state index in [1.807, 2.05) is 6.07 Å². The van der Waals surface area contributed by atoms with Crippen molar-refractivity contribution >= 4 is 11.7 Å². The molecule has 0 saturated heterocycles. The summed E-state index contributed by atoms with van der Waals surface area (Å²) in [4.78, 5) is 12.4. The normalized spacial score (nSPS) is 13.6. The number of nitrogen functional groups attached to an aromatic ring is 1. The fourth-order valence-corrected chi connectivity index (χ4v) is 4.22. The Labute approximate surface area is 193 Å². The molecule has 1 amide bonds. The predicted octanol–water partition coefficient (Wildman–Crippen LogP) is 4.47. The van der Waals surface area contributed by atoms with Gasteiger partial charge < -0.3 is 15.8 Å². The van der Waals surface area contributed by atoms with Gasteiger partial charge in [-0.3, -0.25) is 4.79 Å². The number of hydrogen-bond acceptors (Lipinski definition) is 5. The summed E-state index contributed by atoms with van der Waals surface area (Å²) in [5, 5.41) is 16.3. The number of carbonyl (C=O) groups excluding carboxylic acids is 1. The lowest BCUT2D eigenvalue weighted by atomic mass is 10.0. The van der Waals surface area contributed by atoms with E-state index in [0.717, 1.165) is 49.9 Å². The van der Waals surface area contributed by atoms with E-state index in [1.165, 1.54) is 13.2 Å². The molecule has 1 aliphatic carbocycles. The Bertz CT molecular complexity index is 1270. The zero-order valence-electron chi connectivity index (χ0n) is 18.4. The first kappa shape index (κ1) is 23.2. The van der Waals surface area contributed by atoms with Crippen LogP contribution in [-0.4, -0.2) is 22.8 Å². The van der Waals surface area contributed by atoms with E-state index in [-0.39, 0.29) is 40.0 Å². The Kier molecular flexibility index (Phi) is 6.45. The van der Waals surface area contributed by atoms with Gasteiger partial charge in [-0.1, -0.05) is 12.8 Å². The first-order valence-electron chi connectivity index (χ1n) is 10.7. The number of ether oxygens (including phenoxy) is 1. The molecule has 1 saturated carbocycles. The van der Waals surface area contributed by atoms with Gasteiger partial charge in [0.15, 0.2) is 0 Å². The zero-order valence-corrected chi connectivity index (χ0v) is 18.4. The van der Waals surface area contributed by atoms with Crippen LogP contribution in [0.15, 0.2) is 30.3 Å². The molecule has 34 heavy (non-hydrogen) atoms. The molecule has 4 rings (SSSR count). The van der Waals surface area contributed by atoms with Crippen LogP contribution < -0.4 is 15.8 Å². The van der Waals surface area contributed by atoms with Gasteiger partial charge in [0.05, 0.1) is 18.7 Å². The Balaban J connectivity index is 1.60. The van der Waals surface area contributed by atoms with E-state index >= 15 is 0 Å². The summed E-state index contributed by atoms with van der Waals surface area (Å²) >= 11 is 0. The molecule has 3 aromatic rings. The summed E-state index contributed by atoms with van der Waals surface area (Å²) < 4.78 is 49.9. The van der Waals surface area contributed by atoms with Gasteiger partial charge in [-0.25, -0.2) is 17.9 Å². The lowest BCUT2D eigenvalue weighted by Crippen LogP contribution is -2.24. The highest BCUT2D eigenvalue weighted by Gasteiger charge is 2.26. The van der Waals surface area contributed by atoms with Crippen LogP contribution in [0.3, 0.4) is 0 Å². The number of amides is 1. The number of methoxy groups -OCH3 is 1. The van der Waals surface area contributed by atoms with Crippen LogP contribution in [-0.2, 0) is 6.54 Å². The lowest BCUT2D eigenvalue weighted by molar-refractivity contribution is 0.0946.